The quantitative estimate of drug-likeness (QED) is 0.728. The lowest BCUT2D eigenvalue weighted by molar-refractivity contribution is 0.0636. The molecule has 0 aliphatic heterocycles. The van der Waals surface area contributed by atoms with E-state index in [0.717, 1.165) is 22.2 Å². The van der Waals surface area contributed by atoms with Gasteiger partial charge in [-0.3, -0.25) is 10.4 Å². The van der Waals surface area contributed by atoms with Crippen molar-refractivity contribution in [2.45, 2.75) is 26.4 Å². The summed E-state index contributed by atoms with van der Waals surface area (Å²) in [6, 6.07) is 15.5. The van der Waals surface area contributed by atoms with E-state index in [1.54, 1.807) is 0 Å². The second kappa shape index (κ2) is 5.76. The number of amides is 1. The van der Waals surface area contributed by atoms with Gasteiger partial charge in [-0.25, -0.2) is 4.79 Å². The van der Waals surface area contributed by atoms with Gasteiger partial charge in [0.2, 0.25) is 0 Å². The predicted molar refractivity (Wildman–Crippen MR) is 91.4 cm³/mol. The second-order valence-electron chi connectivity index (χ2n) is 6.33. The number of hydrogen-bond acceptors (Lipinski definition) is 3. The molecule has 0 fully saturated rings. The highest BCUT2D eigenvalue weighted by Crippen LogP contribution is 2.28. The first-order valence-electron chi connectivity index (χ1n) is 7.46. The molecule has 2 aromatic carbocycles. The molecule has 0 spiro atoms. The van der Waals surface area contributed by atoms with Crippen LogP contribution in [0.4, 0.5) is 10.5 Å². The fourth-order valence-electron chi connectivity index (χ4n) is 2.33. The number of H-pyrrole nitrogens is 1. The zero-order valence-corrected chi connectivity index (χ0v) is 13.4. The average Bonchev–Trinajstić information content (AvgIpc) is 2.89. The number of nitrogens with one attached hydrogen (secondary N) is 2. The number of nitrogens with zero attached hydrogens (tertiary/aromatic N) is 1. The summed E-state index contributed by atoms with van der Waals surface area (Å²) in [4.78, 5) is 11.9. The molecule has 0 bridgehead atoms. The van der Waals surface area contributed by atoms with Crippen LogP contribution in [0.25, 0.3) is 22.2 Å². The standard InChI is InChI=1S/C18H19N3O2/c1-18(2,3)23-17(22)19-13-9-10-15-14(11-13)16(21-20-15)12-7-5-4-6-8-12/h4-11H,1-3H3,(H,19,22)(H,20,21). The lowest BCUT2D eigenvalue weighted by Crippen LogP contribution is -2.27. The van der Waals surface area contributed by atoms with Gasteiger partial charge in [-0.1, -0.05) is 30.3 Å². The van der Waals surface area contributed by atoms with E-state index >= 15 is 0 Å². The second-order valence-corrected chi connectivity index (χ2v) is 6.33. The Balaban J connectivity index is 1.91. The van der Waals surface area contributed by atoms with Crippen molar-refractivity contribution in [3.8, 4) is 11.3 Å². The molecule has 1 aromatic heterocycles. The van der Waals surface area contributed by atoms with Gasteiger partial charge in [-0.2, -0.15) is 5.10 Å². The van der Waals surface area contributed by atoms with Gasteiger partial charge >= 0.3 is 6.09 Å². The van der Waals surface area contributed by atoms with Crippen molar-refractivity contribution in [3.63, 3.8) is 0 Å². The number of aromatic amines is 1. The lowest BCUT2D eigenvalue weighted by atomic mass is 10.1. The van der Waals surface area contributed by atoms with Gasteiger partial charge < -0.3 is 4.74 Å². The summed E-state index contributed by atoms with van der Waals surface area (Å²) in [5.74, 6) is 0. The Labute approximate surface area is 134 Å². The van der Waals surface area contributed by atoms with Gasteiger partial charge in [0.05, 0.1) is 11.2 Å². The van der Waals surface area contributed by atoms with Gasteiger partial charge in [0.15, 0.2) is 0 Å². The van der Waals surface area contributed by atoms with Crippen LogP contribution in [-0.4, -0.2) is 21.9 Å². The largest absolute Gasteiger partial charge is 0.444 e. The first kappa shape index (κ1) is 15.1. The molecule has 5 nitrogen and oxygen atoms in total. The summed E-state index contributed by atoms with van der Waals surface area (Å²) >= 11 is 0. The average molecular weight is 309 g/mol. The van der Waals surface area contributed by atoms with E-state index in [-0.39, 0.29) is 0 Å². The summed E-state index contributed by atoms with van der Waals surface area (Å²) in [6.07, 6.45) is -0.471. The number of anilines is 1. The zero-order valence-electron chi connectivity index (χ0n) is 13.4. The number of fused-ring (bicyclic) bond motifs is 1. The van der Waals surface area contributed by atoms with Gasteiger partial charge in [0.1, 0.15) is 5.60 Å². The molecule has 2 N–H and O–H groups in total. The van der Waals surface area contributed by atoms with Crippen LogP contribution in [-0.2, 0) is 4.74 Å². The molecule has 3 aromatic rings. The van der Waals surface area contributed by atoms with Crippen LogP contribution < -0.4 is 5.32 Å². The summed E-state index contributed by atoms with van der Waals surface area (Å²) in [5, 5.41) is 11.1. The van der Waals surface area contributed by atoms with Crippen molar-refractivity contribution < 1.29 is 9.53 Å². The van der Waals surface area contributed by atoms with Crippen LogP contribution in [0.3, 0.4) is 0 Å². The fourth-order valence-corrected chi connectivity index (χ4v) is 2.33. The highest BCUT2D eigenvalue weighted by Gasteiger charge is 2.16. The molecule has 0 unspecified atom stereocenters. The van der Waals surface area contributed by atoms with E-state index < -0.39 is 11.7 Å². The Hall–Kier alpha value is -2.82. The van der Waals surface area contributed by atoms with Gasteiger partial charge in [-0.05, 0) is 39.0 Å². The molecule has 0 atom stereocenters. The van der Waals surface area contributed by atoms with Gasteiger partial charge in [0, 0.05) is 16.6 Å². The fraction of sp³-hybridized carbons (Fsp3) is 0.222. The Morgan fingerprint density at radius 3 is 2.57 bits per heavy atom. The maximum Gasteiger partial charge on any atom is 0.412 e. The maximum absolute atomic E-state index is 11.9. The van der Waals surface area contributed by atoms with Gasteiger partial charge in [0.25, 0.3) is 0 Å². The number of carbonyl (C=O) groups excluding carboxylic acids is 1. The van der Waals surface area contributed by atoms with E-state index in [1.807, 2.05) is 69.3 Å². The Bertz CT molecular complexity index is 832. The minimum absolute atomic E-state index is 0.471. The third-order valence-corrected chi connectivity index (χ3v) is 3.26. The lowest BCUT2D eigenvalue weighted by Gasteiger charge is -2.19. The molecule has 0 saturated heterocycles. The molecule has 1 heterocycles. The molecule has 0 aliphatic rings. The first-order valence-corrected chi connectivity index (χ1v) is 7.46. The number of ether oxygens (including phenoxy) is 1. The van der Waals surface area contributed by atoms with E-state index in [4.69, 9.17) is 4.74 Å². The SMILES string of the molecule is CC(C)(C)OC(=O)Nc1ccc2[nH]nc(-c3ccccc3)c2c1. The summed E-state index contributed by atoms with van der Waals surface area (Å²) in [5.41, 5.74) is 2.93. The number of rotatable bonds is 2. The first-order chi connectivity index (χ1) is 10.9. The molecule has 5 heteroatoms. The third kappa shape index (κ3) is 3.51. The van der Waals surface area contributed by atoms with E-state index in [0.29, 0.717) is 5.69 Å². The van der Waals surface area contributed by atoms with E-state index in [9.17, 15) is 4.79 Å². The van der Waals surface area contributed by atoms with Crippen LogP contribution >= 0.6 is 0 Å². The number of carbonyl (C=O) groups is 1. The number of hydrogen-bond donors (Lipinski definition) is 2. The van der Waals surface area contributed by atoms with Crippen molar-refractivity contribution in [1.82, 2.24) is 10.2 Å². The number of aromatic nitrogens is 2. The summed E-state index contributed by atoms with van der Waals surface area (Å²) in [6.45, 7) is 5.50. The molecule has 3 rings (SSSR count). The van der Waals surface area contributed by atoms with Crippen molar-refractivity contribution in [2.75, 3.05) is 5.32 Å². The smallest absolute Gasteiger partial charge is 0.412 e. The zero-order chi connectivity index (χ0) is 16.4. The third-order valence-electron chi connectivity index (χ3n) is 3.26. The summed E-state index contributed by atoms with van der Waals surface area (Å²) in [7, 11) is 0. The molecule has 0 saturated carbocycles. The monoisotopic (exact) mass is 309 g/mol. The minimum Gasteiger partial charge on any atom is -0.444 e. The number of benzene rings is 2. The van der Waals surface area contributed by atoms with Crippen molar-refractivity contribution in [3.05, 3.63) is 48.5 Å². The van der Waals surface area contributed by atoms with Crippen LogP contribution in [0.15, 0.2) is 48.5 Å². The molecule has 0 radical (unpaired) electrons. The predicted octanol–water partition coefficient (Wildman–Crippen LogP) is 4.58. The Kier molecular flexibility index (Phi) is 3.78. The van der Waals surface area contributed by atoms with Gasteiger partial charge in [-0.15, -0.1) is 0 Å². The van der Waals surface area contributed by atoms with Crippen LogP contribution in [0, 0.1) is 0 Å². The molecular weight excluding hydrogens is 290 g/mol. The van der Waals surface area contributed by atoms with Crippen LogP contribution in [0.5, 0.6) is 0 Å². The minimum atomic E-state index is -0.529. The van der Waals surface area contributed by atoms with E-state index in [1.165, 1.54) is 0 Å². The highest BCUT2D eigenvalue weighted by molar-refractivity contribution is 5.97. The van der Waals surface area contributed by atoms with Crippen molar-refractivity contribution in [2.24, 2.45) is 0 Å². The van der Waals surface area contributed by atoms with Crippen LogP contribution in [0.2, 0.25) is 0 Å². The molecule has 0 aliphatic carbocycles. The highest BCUT2D eigenvalue weighted by atomic mass is 16.6. The molecule has 1 amide bonds. The van der Waals surface area contributed by atoms with Crippen LogP contribution in [0.1, 0.15) is 20.8 Å². The maximum atomic E-state index is 11.9. The van der Waals surface area contributed by atoms with Crippen molar-refractivity contribution >= 4 is 22.7 Å². The molecule has 23 heavy (non-hydrogen) atoms. The molecule has 118 valence electrons. The normalized spacial score (nSPS) is 11.4. The topological polar surface area (TPSA) is 67.0 Å². The van der Waals surface area contributed by atoms with Crippen molar-refractivity contribution in [1.29, 1.82) is 0 Å². The Morgan fingerprint density at radius 2 is 1.87 bits per heavy atom. The summed E-state index contributed by atoms with van der Waals surface area (Å²) < 4.78 is 5.28. The molecular formula is C18H19N3O2. The van der Waals surface area contributed by atoms with E-state index in [2.05, 4.69) is 15.5 Å². The Morgan fingerprint density at radius 1 is 1.13 bits per heavy atom.